The summed E-state index contributed by atoms with van der Waals surface area (Å²) in [5.74, 6) is 0. The van der Waals surface area contributed by atoms with Gasteiger partial charge in [-0.1, -0.05) is 19.9 Å². The number of aliphatic imine (C=N–C) groups is 1. The van der Waals surface area contributed by atoms with E-state index in [4.69, 9.17) is 0 Å². The van der Waals surface area contributed by atoms with E-state index in [0.29, 0.717) is 5.69 Å². The van der Waals surface area contributed by atoms with E-state index in [9.17, 15) is 8.78 Å². The molecule has 0 amide bonds. The third-order valence-electron chi connectivity index (χ3n) is 3.27. The Morgan fingerprint density at radius 1 is 1.25 bits per heavy atom. The van der Waals surface area contributed by atoms with Gasteiger partial charge in [-0.05, 0) is 56.9 Å². The van der Waals surface area contributed by atoms with Crippen LogP contribution in [0.2, 0.25) is 0 Å². The van der Waals surface area contributed by atoms with E-state index in [1.807, 2.05) is 46.8 Å². The summed E-state index contributed by atoms with van der Waals surface area (Å²) in [4.78, 5) is 4.44. The lowest BCUT2D eigenvalue weighted by molar-refractivity contribution is 0.152. The number of nitrogens with zero attached hydrogens (tertiary/aromatic N) is 1. The summed E-state index contributed by atoms with van der Waals surface area (Å²) < 4.78 is 26.6. The summed E-state index contributed by atoms with van der Waals surface area (Å²) in [6.45, 7) is 9.68. The van der Waals surface area contributed by atoms with Crippen LogP contribution in [0.15, 0.2) is 23.2 Å². The molecular weight excluding hydrogens is 256 g/mol. The molecule has 0 heterocycles. The maximum atomic E-state index is 13.3. The fraction of sp³-hybridized carbons (Fsp3) is 0.471. The second-order valence-electron chi connectivity index (χ2n) is 5.05. The topological polar surface area (TPSA) is 12.4 Å². The third-order valence-corrected chi connectivity index (χ3v) is 3.27. The summed E-state index contributed by atoms with van der Waals surface area (Å²) in [5.41, 5.74) is 3.97. The lowest BCUT2D eigenvalue weighted by atomic mass is 9.97. The maximum Gasteiger partial charge on any atom is 0.265 e. The molecule has 3 heteroatoms. The standard InChI is InChI=1S/C17H23F2N/c1-6-8-12(4)14-9-11(3)10-15(17(18)19)16(14)20-13(5)7-2/h8-10,17H,6-7H2,1-5H3/b12-8-,20-13+. The molecule has 0 unspecified atom stereocenters. The molecule has 0 fully saturated rings. The van der Waals surface area contributed by atoms with Gasteiger partial charge in [0.25, 0.3) is 6.43 Å². The van der Waals surface area contributed by atoms with Crippen LogP contribution in [0.3, 0.4) is 0 Å². The molecule has 0 bridgehead atoms. The number of aryl methyl sites for hydroxylation is 1. The SMILES string of the molecule is CC/C=C(/C)c1cc(C)cc(C(F)F)c1/N=C(\C)CC. The highest BCUT2D eigenvalue weighted by molar-refractivity contribution is 5.87. The van der Waals surface area contributed by atoms with Gasteiger partial charge >= 0.3 is 0 Å². The molecule has 0 saturated heterocycles. The molecule has 0 aromatic heterocycles. The number of alkyl halides is 2. The Morgan fingerprint density at radius 3 is 2.40 bits per heavy atom. The number of benzene rings is 1. The maximum absolute atomic E-state index is 13.3. The summed E-state index contributed by atoms with van der Waals surface area (Å²) in [5, 5.41) is 0. The summed E-state index contributed by atoms with van der Waals surface area (Å²) >= 11 is 0. The van der Waals surface area contributed by atoms with Gasteiger partial charge in [0, 0.05) is 16.8 Å². The van der Waals surface area contributed by atoms with Gasteiger partial charge in [-0.3, -0.25) is 4.99 Å². The van der Waals surface area contributed by atoms with Gasteiger partial charge in [0.15, 0.2) is 0 Å². The fourth-order valence-electron chi connectivity index (χ4n) is 2.08. The van der Waals surface area contributed by atoms with Gasteiger partial charge in [-0.2, -0.15) is 0 Å². The average molecular weight is 279 g/mol. The zero-order chi connectivity index (χ0) is 15.3. The predicted molar refractivity (Wildman–Crippen MR) is 83.1 cm³/mol. The minimum absolute atomic E-state index is 0.0247. The molecule has 20 heavy (non-hydrogen) atoms. The molecule has 1 rings (SSSR count). The smallest absolute Gasteiger partial charge is 0.257 e. The molecule has 1 aromatic rings. The number of hydrogen-bond acceptors (Lipinski definition) is 1. The van der Waals surface area contributed by atoms with Crippen LogP contribution in [0.4, 0.5) is 14.5 Å². The van der Waals surface area contributed by atoms with Crippen molar-refractivity contribution in [1.29, 1.82) is 0 Å². The van der Waals surface area contributed by atoms with Crippen LogP contribution >= 0.6 is 0 Å². The second-order valence-corrected chi connectivity index (χ2v) is 5.05. The van der Waals surface area contributed by atoms with Crippen molar-refractivity contribution in [3.63, 3.8) is 0 Å². The Hall–Kier alpha value is -1.51. The highest BCUT2D eigenvalue weighted by Gasteiger charge is 2.18. The molecule has 0 spiro atoms. The molecule has 0 aliphatic heterocycles. The summed E-state index contributed by atoms with van der Waals surface area (Å²) in [6.07, 6.45) is 1.17. The number of allylic oxidation sites excluding steroid dienone is 2. The predicted octanol–water partition coefficient (Wildman–Crippen LogP) is 6.25. The monoisotopic (exact) mass is 279 g/mol. The van der Waals surface area contributed by atoms with E-state index in [0.717, 1.165) is 35.3 Å². The lowest BCUT2D eigenvalue weighted by Crippen LogP contribution is -1.96. The molecule has 0 N–H and O–H groups in total. The molecule has 0 saturated carbocycles. The van der Waals surface area contributed by atoms with Crippen molar-refractivity contribution in [1.82, 2.24) is 0 Å². The van der Waals surface area contributed by atoms with Gasteiger partial charge < -0.3 is 0 Å². The summed E-state index contributed by atoms with van der Waals surface area (Å²) in [6, 6.07) is 3.48. The van der Waals surface area contributed by atoms with Crippen molar-refractivity contribution in [2.75, 3.05) is 0 Å². The minimum atomic E-state index is -2.51. The van der Waals surface area contributed by atoms with E-state index < -0.39 is 6.43 Å². The van der Waals surface area contributed by atoms with Crippen LogP contribution in [0.5, 0.6) is 0 Å². The normalized spacial score (nSPS) is 13.2. The first kappa shape index (κ1) is 16.5. The molecule has 0 atom stereocenters. The zero-order valence-electron chi connectivity index (χ0n) is 12.9. The van der Waals surface area contributed by atoms with E-state index in [2.05, 4.69) is 4.99 Å². The van der Waals surface area contributed by atoms with Crippen molar-refractivity contribution >= 4 is 17.0 Å². The number of halogens is 2. The highest BCUT2D eigenvalue weighted by Crippen LogP contribution is 2.37. The van der Waals surface area contributed by atoms with Crippen LogP contribution < -0.4 is 0 Å². The van der Waals surface area contributed by atoms with Crippen LogP contribution in [0.25, 0.3) is 5.57 Å². The second kappa shape index (κ2) is 7.32. The van der Waals surface area contributed by atoms with Crippen molar-refractivity contribution in [2.24, 2.45) is 4.99 Å². The number of rotatable bonds is 5. The Kier molecular flexibility index (Phi) is 6.05. The van der Waals surface area contributed by atoms with Crippen LogP contribution in [0, 0.1) is 6.92 Å². The molecule has 1 nitrogen and oxygen atoms in total. The van der Waals surface area contributed by atoms with Crippen LogP contribution in [0.1, 0.15) is 63.7 Å². The summed E-state index contributed by atoms with van der Waals surface area (Å²) in [7, 11) is 0. The largest absolute Gasteiger partial charge is 0.265 e. The first-order chi connectivity index (χ1) is 9.40. The van der Waals surface area contributed by atoms with Crippen molar-refractivity contribution in [3.05, 3.63) is 34.9 Å². The van der Waals surface area contributed by atoms with E-state index in [-0.39, 0.29) is 5.56 Å². The van der Waals surface area contributed by atoms with E-state index in [1.165, 1.54) is 6.07 Å². The van der Waals surface area contributed by atoms with Gasteiger partial charge in [0.2, 0.25) is 0 Å². The molecule has 0 radical (unpaired) electrons. The van der Waals surface area contributed by atoms with Crippen LogP contribution in [-0.4, -0.2) is 5.71 Å². The fourth-order valence-corrected chi connectivity index (χ4v) is 2.08. The Bertz CT molecular complexity index is 528. The molecule has 1 aromatic carbocycles. The van der Waals surface area contributed by atoms with Crippen LogP contribution in [-0.2, 0) is 0 Å². The van der Waals surface area contributed by atoms with Gasteiger partial charge in [-0.15, -0.1) is 0 Å². The zero-order valence-corrected chi connectivity index (χ0v) is 12.9. The Morgan fingerprint density at radius 2 is 1.90 bits per heavy atom. The minimum Gasteiger partial charge on any atom is -0.257 e. The van der Waals surface area contributed by atoms with E-state index >= 15 is 0 Å². The van der Waals surface area contributed by atoms with E-state index in [1.54, 1.807) is 0 Å². The van der Waals surface area contributed by atoms with Crippen molar-refractivity contribution in [2.45, 2.75) is 53.9 Å². The first-order valence-corrected chi connectivity index (χ1v) is 7.04. The average Bonchev–Trinajstić information content (AvgIpc) is 2.39. The molecule has 110 valence electrons. The van der Waals surface area contributed by atoms with Gasteiger partial charge in [0.1, 0.15) is 0 Å². The van der Waals surface area contributed by atoms with Gasteiger partial charge in [-0.25, -0.2) is 8.78 Å². The Labute approximate surface area is 120 Å². The van der Waals surface area contributed by atoms with Gasteiger partial charge in [0.05, 0.1) is 5.69 Å². The lowest BCUT2D eigenvalue weighted by Gasteiger charge is -2.14. The highest BCUT2D eigenvalue weighted by atomic mass is 19.3. The van der Waals surface area contributed by atoms with Crippen molar-refractivity contribution < 1.29 is 8.78 Å². The molecule has 0 aliphatic rings. The third kappa shape index (κ3) is 3.99. The molecule has 0 aliphatic carbocycles. The molecular formula is C17H23F2N. The number of hydrogen-bond donors (Lipinski definition) is 0. The Balaban J connectivity index is 3.59. The first-order valence-electron chi connectivity index (χ1n) is 7.04. The van der Waals surface area contributed by atoms with Crippen molar-refractivity contribution in [3.8, 4) is 0 Å². The quantitative estimate of drug-likeness (QED) is 0.565.